The molecule has 0 spiro atoms. The number of methoxy groups -OCH3 is 1. The summed E-state index contributed by atoms with van der Waals surface area (Å²) in [5.41, 5.74) is 1.36. The Bertz CT molecular complexity index is 1140. The minimum atomic E-state index is -1.13. The molecule has 0 amide bonds. The van der Waals surface area contributed by atoms with E-state index >= 15 is 4.39 Å². The first-order valence-corrected chi connectivity index (χ1v) is 14.0. The second-order valence-electron chi connectivity index (χ2n) is 8.94. The number of benzene rings is 1. The highest BCUT2D eigenvalue weighted by molar-refractivity contribution is 8.01. The van der Waals surface area contributed by atoms with E-state index in [1.165, 1.54) is 4.21 Å². The number of halogens is 2. The number of thioether (sulfide) groups is 1. The zero-order chi connectivity index (χ0) is 24.8. The lowest BCUT2D eigenvalue weighted by molar-refractivity contribution is -0.139. The fourth-order valence-corrected chi connectivity index (χ4v) is 7.29. The Kier molecular flexibility index (Phi) is 9.27. The van der Waals surface area contributed by atoms with Crippen LogP contribution < -0.4 is 4.74 Å². The van der Waals surface area contributed by atoms with E-state index in [1.54, 1.807) is 42.5 Å². The zero-order valence-corrected chi connectivity index (χ0v) is 22.0. The van der Waals surface area contributed by atoms with Gasteiger partial charge in [0.2, 0.25) is 0 Å². The largest absolute Gasteiger partial charge is 0.497 e. The van der Waals surface area contributed by atoms with Gasteiger partial charge in [0.05, 0.1) is 21.2 Å². The van der Waals surface area contributed by atoms with Gasteiger partial charge in [0.25, 0.3) is 0 Å². The van der Waals surface area contributed by atoms with E-state index in [2.05, 4.69) is 9.88 Å². The van der Waals surface area contributed by atoms with Crippen LogP contribution in [0.1, 0.15) is 37.4 Å². The molecule has 1 saturated heterocycles. The normalized spacial score (nSPS) is 19.6. The van der Waals surface area contributed by atoms with Gasteiger partial charge in [-0.1, -0.05) is 11.6 Å². The summed E-state index contributed by atoms with van der Waals surface area (Å²) in [6, 6.07) is 11.2. The first-order chi connectivity index (χ1) is 16.9. The Hall–Kier alpha value is -1.87. The van der Waals surface area contributed by atoms with Crippen molar-refractivity contribution in [1.82, 2.24) is 9.88 Å². The maximum Gasteiger partial charge on any atom is 0.303 e. The molecule has 1 fully saturated rings. The van der Waals surface area contributed by atoms with Crippen molar-refractivity contribution in [2.75, 3.05) is 32.5 Å². The maximum atomic E-state index is 15.4. The number of rotatable bonds is 11. The van der Waals surface area contributed by atoms with Crippen molar-refractivity contribution in [3.63, 3.8) is 0 Å². The quantitative estimate of drug-likeness (QED) is 0.267. The molecule has 0 radical (unpaired) electrons. The molecule has 5 nitrogen and oxygen atoms in total. The summed E-state index contributed by atoms with van der Waals surface area (Å²) in [7, 11) is 1.59. The fraction of sp³-hybridized carbons (Fsp3) is 0.462. The predicted octanol–water partition coefficient (Wildman–Crippen LogP) is 6.95. The Morgan fingerprint density at radius 3 is 2.94 bits per heavy atom. The lowest BCUT2D eigenvalue weighted by Crippen LogP contribution is -2.42. The SMILES string of the molecule is COc1ccc2nccc(C(F)CC[C@@H]3CCN(CCSc4ccc(Cl)s4)C[C@@H]3CC(=O)O)c2c1. The molecule has 1 unspecified atom stereocenters. The van der Waals surface area contributed by atoms with Gasteiger partial charge < -0.3 is 14.7 Å². The minimum Gasteiger partial charge on any atom is -0.497 e. The molecule has 35 heavy (non-hydrogen) atoms. The summed E-state index contributed by atoms with van der Waals surface area (Å²) in [6.07, 6.45) is 2.57. The lowest BCUT2D eigenvalue weighted by Gasteiger charge is -2.38. The molecule has 188 valence electrons. The maximum absolute atomic E-state index is 15.4. The Labute approximate surface area is 218 Å². The number of hydrogen-bond acceptors (Lipinski definition) is 6. The molecule has 9 heteroatoms. The minimum absolute atomic E-state index is 0.0314. The van der Waals surface area contributed by atoms with Gasteiger partial charge in [-0.3, -0.25) is 9.78 Å². The highest BCUT2D eigenvalue weighted by Crippen LogP contribution is 2.37. The average Bonchev–Trinajstić information content (AvgIpc) is 3.27. The van der Waals surface area contributed by atoms with Crippen LogP contribution in [0.4, 0.5) is 4.39 Å². The van der Waals surface area contributed by atoms with E-state index in [0.29, 0.717) is 24.2 Å². The zero-order valence-electron chi connectivity index (χ0n) is 19.7. The van der Waals surface area contributed by atoms with E-state index in [0.717, 1.165) is 47.0 Å². The number of alkyl halides is 1. The highest BCUT2D eigenvalue weighted by Gasteiger charge is 2.31. The van der Waals surface area contributed by atoms with E-state index in [4.69, 9.17) is 16.3 Å². The summed E-state index contributed by atoms with van der Waals surface area (Å²) in [6.45, 7) is 2.56. The van der Waals surface area contributed by atoms with Gasteiger partial charge in [-0.2, -0.15) is 0 Å². The van der Waals surface area contributed by atoms with Gasteiger partial charge in [-0.25, -0.2) is 4.39 Å². The third-order valence-electron chi connectivity index (χ3n) is 6.72. The van der Waals surface area contributed by atoms with Crippen LogP contribution in [0.25, 0.3) is 10.9 Å². The fourth-order valence-electron chi connectivity index (χ4n) is 4.91. The van der Waals surface area contributed by atoms with Crippen molar-refractivity contribution in [1.29, 1.82) is 0 Å². The van der Waals surface area contributed by atoms with Gasteiger partial charge in [-0.15, -0.1) is 23.1 Å². The molecule has 0 aliphatic carbocycles. The predicted molar refractivity (Wildman–Crippen MR) is 142 cm³/mol. The third-order valence-corrected chi connectivity index (χ3v) is 9.16. The van der Waals surface area contributed by atoms with Crippen LogP contribution in [0.2, 0.25) is 4.34 Å². The van der Waals surface area contributed by atoms with Crippen molar-refractivity contribution >= 4 is 51.6 Å². The lowest BCUT2D eigenvalue weighted by atomic mass is 9.79. The first kappa shape index (κ1) is 26.2. The van der Waals surface area contributed by atoms with Crippen molar-refractivity contribution in [3.05, 3.63) is 52.5 Å². The van der Waals surface area contributed by atoms with Gasteiger partial charge in [0, 0.05) is 36.8 Å². The number of aliphatic carboxylic acids is 1. The molecule has 4 rings (SSSR count). The molecule has 3 atom stereocenters. The molecule has 2 aromatic heterocycles. The van der Waals surface area contributed by atoms with Crippen molar-refractivity contribution < 1.29 is 19.0 Å². The van der Waals surface area contributed by atoms with Crippen LogP contribution in [-0.2, 0) is 4.79 Å². The van der Waals surface area contributed by atoms with E-state index in [9.17, 15) is 9.90 Å². The van der Waals surface area contributed by atoms with E-state index in [1.807, 2.05) is 30.3 Å². The van der Waals surface area contributed by atoms with Crippen molar-refractivity contribution in [2.24, 2.45) is 11.8 Å². The van der Waals surface area contributed by atoms with Crippen molar-refractivity contribution in [2.45, 2.75) is 36.1 Å². The molecule has 1 aromatic carbocycles. The molecule has 1 aliphatic rings. The van der Waals surface area contributed by atoms with Crippen molar-refractivity contribution in [3.8, 4) is 5.75 Å². The van der Waals surface area contributed by atoms with Crippen LogP contribution >= 0.6 is 34.7 Å². The second-order valence-corrected chi connectivity index (χ2v) is 12.1. The summed E-state index contributed by atoms with van der Waals surface area (Å²) < 4.78 is 22.7. The molecule has 3 heterocycles. The molecular weight excluding hydrogens is 507 g/mol. The Morgan fingerprint density at radius 1 is 1.34 bits per heavy atom. The third kappa shape index (κ3) is 7.09. The molecule has 0 bridgehead atoms. The number of ether oxygens (including phenoxy) is 1. The smallest absolute Gasteiger partial charge is 0.303 e. The van der Waals surface area contributed by atoms with Gasteiger partial charge in [0.15, 0.2) is 0 Å². The monoisotopic (exact) mass is 536 g/mol. The van der Waals surface area contributed by atoms with Gasteiger partial charge in [0.1, 0.15) is 11.9 Å². The van der Waals surface area contributed by atoms with E-state index < -0.39 is 12.1 Å². The molecule has 0 saturated carbocycles. The first-order valence-electron chi connectivity index (χ1n) is 11.8. The summed E-state index contributed by atoms with van der Waals surface area (Å²) in [5.74, 6) is 1.06. The van der Waals surface area contributed by atoms with Gasteiger partial charge in [-0.05, 0) is 79.6 Å². The number of nitrogens with zero attached hydrogens (tertiary/aromatic N) is 2. The standard InChI is InChI=1S/C26H30ClFN2O3S2/c1-33-19-3-5-23-21(15-19)20(8-10-29-23)22(28)4-2-17-9-11-30(16-18(17)14-25(31)32)12-13-34-26-7-6-24(27)35-26/h3,5-8,10,15,17-18,22H,2,4,9,11-14,16H2,1H3,(H,31,32)/t17-,18+,22?/m1/s1. The Morgan fingerprint density at radius 2 is 2.20 bits per heavy atom. The summed E-state index contributed by atoms with van der Waals surface area (Å²) in [5, 5.41) is 10.3. The number of carboxylic acids is 1. The number of carbonyl (C=O) groups is 1. The average molecular weight is 537 g/mol. The van der Waals surface area contributed by atoms with Crippen LogP contribution in [0, 0.1) is 11.8 Å². The van der Waals surface area contributed by atoms with Gasteiger partial charge >= 0.3 is 5.97 Å². The summed E-state index contributed by atoms with van der Waals surface area (Å²) >= 11 is 9.37. The number of carboxylic acid groups (broad SMARTS) is 1. The Balaban J connectivity index is 1.35. The van der Waals surface area contributed by atoms with Crippen LogP contribution in [0.3, 0.4) is 0 Å². The molecule has 1 aliphatic heterocycles. The number of hydrogen-bond donors (Lipinski definition) is 1. The highest BCUT2D eigenvalue weighted by atomic mass is 35.5. The van der Waals surface area contributed by atoms with Crippen LogP contribution in [-0.4, -0.2) is 53.5 Å². The van der Waals surface area contributed by atoms with Crippen LogP contribution in [0.5, 0.6) is 5.75 Å². The summed E-state index contributed by atoms with van der Waals surface area (Å²) in [4.78, 5) is 18.3. The molecular formula is C26H30ClFN2O3S2. The molecule has 3 aromatic rings. The number of thiophene rings is 1. The topological polar surface area (TPSA) is 62.7 Å². The number of fused-ring (bicyclic) bond motifs is 1. The number of pyridine rings is 1. The number of piperidine rings is 1. The van der Waals surface area contributed by atoms with Crippen LogP contribution in [0.15, 0.2) is 46.8 Å². The number of aromatic nitrogens is 1. The van der Waals surface area contributed by atoms with E-state index in [-0.39, 0.29) is 18.3 Å². The molecule has 1 N–H and O–H groups in total. The second kappa shape index (κ2) is 12.4. The number of likely N-dealkylation sites (tertiary alicyclic amines) is 1.